The van der Waals surface area contributed by atoms with Gasteiger partial charge in [0.05, 0.1) is 16.9 Å². The number of amides is 2. The van der Waals surface area contributed by atoms with E-state index in [-0.39, 0.29) is 29.9 Å². The first kappa shape index (κ1) is 32.1. The van der Waals surface area contributed by atoms with Crippen LogP contribution >= 0.6 is 0 Å². The fraction of sp³-hybridized carbons (Fsp3) is 0.269. The first-order valence-electron chi connectivity index (χ1n) is 11.7. The lowest BCUT2D eigenvalue weighted by molar-refractivity contribution is -0.348. The topological polar surface area (TPSA) is 71.5 Å². The van der Waals surface area contributed by atoms with E-state index in [1.165, 1.54) is 31.5 Å². The van der Waals surface area contributed by atoms with E-state index < -0.39 is 70.4 Å². The molecule has 0 atom stereocenters. The highest BCUT2D eigenvalue weighted by molar-refractivity contribution is 6.09. The van der Waals surface area contributed by atoms with Gasteiger partial charge in [0.1, 0.15) is 5.75 Å². The van der Waals surface area contributed by atoms with E-state index in [4.69, 9.17) is 0 Å². The van der Waals surface area contributed by atoms with Gasteiger partial charge < -0.3 is 15.0 Å². The number of carbonyl (C=O) groups excluding carboxylic acids is 2. The standard InChI is InChI=1S/C26H19F10N3O3/c1-3-39(22(41)14-7-9-37-10-8-14)17-6-4-5-16(19(17)27)21(40)38-20-13(2)11-15(12-18(20)42-23(28)29)24(30,25(31,32)33)26(34,35)36/h4-12,23H,3H2,1-2H3,(H,38,40). The van der Waals surface area contributed by atoms with Gasteiger partial charge in [-0.1, -0.05) is 6.07 Å². The van der Waals surface area contributed by atoms with Crippen LogP contribution in [-0.2, 0) is 5.67 Å². The molecule has 1 aromatic heterocycles. The molecule has 2 amide bonds. The summed E-state index contributed by atoms with van der Waals surface area (Å²) in [5.74, 6) is -4.82. The number of halogens is 10. The van der Waals surface area contributed by atoms with Gasteiger partial charge in [-0.05, 0) is 55.8 Å². The molecule has 0 aliphatic heterocycles. The van der Waals surface area contributed by atoms with Crippen LogP contribution in [0.2, 0.25) is 0 Å². The van der Waals surface area contributed by atoms with Crippen LogP contribution in [0.1, 0.15) is 38.8 Å². The van der Waals surface area contributed by atoms with Crippen molar-refractivity contribution in [1.82, 2.24) is 4.98 Å². The monoisotopic (exact) mass is 611 g/mol. The number of hydrogen-bond acceptors (Lipinski definition) is 4. The van der Waals surface area contributed by atoms with Crippen LogP contribution in [0.25, 0.3) is 0 Å². The number of benzene rings is 2. The summed E-state index contributed by atoms with van der Waals surface area (Å²) in [7, 11) is 0. The molecule has 0 saturated carbocycles. The molecule has 1 heterocycles. The largest absolute Gasteiger partial charge is 0.435 e. The average Bonchev–Trinajstić information content (AvgIpc) is 2.90. The Kier molecular flexibility index (Phi) is 9.07. The summed E-state index contributed by atoms with van der Waals surface area (Å²) in [6.07, 6.45) is -10.5. The summed E-state index contributed by atoms with van der Waals surface area (Å²) in [6, 6.07) is 5.67. The quantitative estimate of drug-likeness (QED) is 0.271. The first-order valence-corrected chi connectivity index (χ1v) is 11.7. The van der Waals surface area contributed by atoms with E-state index in [1.807, 2.05) is 5.32 Å². The van der Waals surface area contributed by atoms with Crippen molar-refractivity contribution in [2.24, 2.45) is 0 Å². The second-order valence-electron chi connectivity index (χ2n) is 8.58. The maximum absolute atomic E-state index is 15.5. The molecule has 42 heavy (non-hydrogen) atoms. The molecular formula is C26H19F10N3O3. The molecule has 0 saturated heterocycles. The molecular weight excluding hydrogens is 592 g/mol. The smallest absolute Gasteiger partial charge is 0.433 e. The maximum Gasteiger partial charge on any atom is 0.435 e. The Labute approximate surface area is 230 Å². The number of aryl methyl sites for hydroxylation is 1. The number of hydrogen-bond donors (Lipinski definition) is 1. The van der Waals surface area contributed by atoms with Gasteiger partial charge in [-0.15, -0.1) is 0 Å². The molecule has 0 fully saturated rings. The van der Waals surface area contributed by atoms with Gasteiger partial charge in [-0.3, -0.25) is 14.6 Å². The van der Waals surface area contributed by atoms with Gasteiger partial charge in [-0.25, -0.2) is 8.78 Å². The van der Waals surface area contributed by atoms with Gasteiger partial charge in [0.15, 0.2) is 5.82 Å². The number of carbonyl (C=O) groups is 2. The Morgan fingerprint density at radius 1 is 0.976 bits per heavy atom. The second-order valence-corrected chi connectivity index (χ2v) is 8.58. The molecule has 1 N–H and O–H groups in total. The van der Waals surface area contributed by atoms with Crippen molar-refractivity contribution in [2.75, 3.05) is 16.8 Å². The third-order valence-corrected chi connectivity index (χ3v) is 5.94. The van der Waals surface area contributed by atoms with Crippen LogP contribution in [0.5, 0.6) is 5.75 Å². The van der Waals surface area contributed by atoms with E-state index in [0.29, 0.717) is 0 Å². The molecule has 226 valence electrons. The minimum Gasteiger partial charge on any atom is -0.433 e. The minimum atomic E-state index is -6.56. The van der Waals surface area contributed by atoms with Crippen LogP contribution in [0.4, 0.5) is 55.3 Å². The number of aromatic nitrogens is 1. The second kappa shape index (κ2) is 11.9. The van der Waals surface area contributed by atoms with Gasteiger partial charge in [0.25, 0.3) is 11.8 Å². The Morgan fingerprint density at radius 2 is 1.57 bits per heavy atom. The van der Waals surface area contributed by atoms with Gasteiger partial charge >= 0.3 is 24.6 Å². The lowest BCUT2D eigenvalue weighted by Gasteiger charge is -2.31. The summed E-state index contributed by atoms with van der Waals surface area (Å²) in [5, 5.41) is 1.91. The molecule has 2 aromatic carbocycles. The zero-order valence-corrected chi connectivity index (χ0v) is 21.4. The Balaban J connectivity index is 2.07. The fourth-order valence-electron chi connectivity index (χ4n) is 3.95. The minimum absolute atomic E-state index is 0.0356. The van der Waals surface area contributed by atoms with E-state index in [9.17, 15) is 49.1 Å². The van der Waals surface area contributed by atoms with Crippen LogP contribution < -0.4 is 15.0 Å². The molecule has 0 spiro atoms. The Bertz CT molecular complexity index is 1450. The van der Waals surface area contributed by atoms with Gasteiger partial charge in [-0.2, -0.15) is 35.1 Å². The number of nitrogens with zero attached hydrogens (tertiary/aromatic N) is 2. The van der Waals surface area contributed by atoms with Crippen molar-refractivity contribution in [2.45, 2.75) is 38.5 Å². The van der Waals surface area contributed by atoms with Crippen molar-refractivity contribution >= 4 is 23.2 Å². The first-order chi connectivity index (χ1) is 19.4. The normalized spacial score (nSPS) is 12.3. The van der Waals surface area contributed by atoms with E-state index in [1.54, 1.807) is 0 Å². The Hall–Kier alpha value is -4.37. The van der Waals surface area contributed by atoms with Crippen molar-refractivity contribution in [3.8, 4) is 5.75 Å². The lowest BCUT2D eigenvalue weighted by Crippen LogP contribution is -2.50. The molecule has 0 aliphatic rings. The number of rotatable bonds is 8. The molecule has 0 bridgehead atoms. The summed E-state index contributed by atoms with van der Waals surface area (Å²) in [4.78, 5) is 30.6. The van der Waals surface area contributed by atoms with E-state index in [2.05, 4.69) is 9.72 Å². The molecule has 16 heteroatoms. The van der Waals surface area contributed by atoms with Crippen molar-refractivity contribution in [3.05, 3.63) is 82.9 Å². The number of pyridine rings is 1. The highest BCUT2D eigenvalue weighted by Gasteiger charge is 2.73. The van der Waals surface area contributed by atoms with E-state index in [0.717, 1.165) is 30.0 Å². The highest BCUT2D eigenvalue weighted by atomic mass is 19.4. The predicted octanol–water partition coefficient (Wildman–Crippen LogP) is 7.34. The third-order valence-electron chi connectivity index (χ3n) is 5.94. The molecule has 0 unspecified atom stereocenters. The molecule has 6 nitrogen and oxygen atoms in total. The van der Waals surface area contributed by atoms with Crippen LogP contribution in [0, 0.1) is 12.7 Å². The SMILES string of the molecule is CCN(C(=O)c1ccncc1)c1cccc(C(=O)Nc2c(C)cc(C(F)(C(F)(F)F)C(F)(F)F)cc2OC(F)F)c1F. The highest BCUT2D eigenvalue weighted by Crippen LogP contribution is 2.54. The van der Waals surface area contributed by atoms with Crippen molar-refractivity contribution < 1.29 is 58.2 Å². The fourth-order valence-corrected chi connectivity index (χ4v) is 3.95. The van der Waals surface area contributed by atoms with Crippen LogP contribution in [0.15, 0.2) is 54.9 Å². The number of nitrogens with one attached hydrogen (secondary N) is 1. The van der Waals surface area contributed by atoms with Crippen molar-refractivity contribution in [3.63, 3.8) is 0 Å². The number of alkyl halides is 9. The number of ether oxygens (including phenoxy) is 1. The predicted molar refractivity (Wildman–Crippen MR) is 129 cm³/mol. The van der Waals surface area contributed by atoms with Crippen LogP contribution in [0.3, 0.4) is 0 Å². The average molecular weight is 611 g/mol. The van der Waals surface area contributed by atoms with Crippen molar-refractivity contribution in [1.29, 1.82) is 0 Å². The van der Waals surface area contributed by atoms with Gasteiger partial charge in [0.2, 0.25) is 0 Å². The summed E-state index contributed by atoms with van der Waals surface area (Å²) < 4.78 is 140. The molecule has 0 aliphatic carbocycles. The summed E-state index contributed by atoms with van der Waals surface area (Å²) in [5.41, 5.74) is -10.8. The molecule has 3 aromatic rings. The summed E-state index contributed by atoms with van der Waals surface area (Å²) in [6.45, 7) is -1.64. The Morgan fingerprint density at radius 3 is 2.10 bits per heavy atom. The lowest BCUT2D eigenvalue weighted by atomic mass is 9.92. The van der Waals surface area contributed by atoms with Crippen LogP contribution in [-0.4, -0.2) is 42.3 Å². The molecule has 3 rings (SSSR count). The van der Waals surface area contributed by atoms with E-state index >= 15 is 4.39 Å². The van der Waals surface area contributed by atoms with Gasteiger partial charge in [0, 0.05) is 30.1 Å². The third kappa shape index (κ3) is 6.11. The summed E-state index contributed by atoms with van der Waals surface area (Å²) >= 11 is 0. The maximum atomic E-state index is 15.5. The zero-order valence-electron chi connectivity index (χ0n) is 21.4. The zero-order chi connectivity index (χ0) is 31.6. The molecule has 0 radical (unpaired) electrons. The number of anilines is 2.